The minimum absolute atomic E-state index is 0.0135. The maximum atomic E-state index is 14.6. The van der Waals surface area contributed by atoms with E-state index in [0.29, 0.717) is 12.8 Å². The van der Waals surface area contributed by atoms with Crippen LogP contribution in [0.2, 0.25) is 0 Å². The molecule has 20 amide bonds. The van der Waals surface area contributed by atoms with Crippen molar-refractivity contribution in [2.75, 3.05) is 33.3 Å². The van der Waals surface area contributed by atoms with Crippen molar-refractivity contribution < 1.29 is 111 Å². The Labute approximate surface area is 765 Å². The molecule has 11 unspecified atom stereocenters. The lowest BCUT2D eigenvalue weighted by atomic mass is 9.96. The molecule has 0 aliphatic carbocycles. The summed E-state index contributed by atoms with van der Waals surface area (Å²) in [4.78, 5) is 289. The van der Waals surface area contributed by atoms with Crippen molar-refractivity contribution in [1.29, 1.82) is 0 Å². The molecule has 0 aromatic heterocycles. The minimum atomic E-state index is -1.92. The number of aliphatic hydroxyl groups is 1. The quantitative estimate of drug-likeness (QED) is 0.0294. The van der Waals surface area contributed by atoms with Crippen LogP contribution in [-0.2, 0) is 107 Å². The zero-order valence-corrected chi connectivity index (χ0v) is 79.8. The highest BCUT2D eigenvalue weighted by Gasteiger charge is 2.48. The number of carbonyl (C=O) groups excluding carboxylic acids is 20. The molecule has 131 heavy (non-hydrogen) atoms. The number of primary amides is 2. The second-order valence-electron chi connectivity index (χ2n) is 38.5. The molecule has 2 saturated heterocycles. The van der Waals surface area contributed by atoms with E-state index in [-0.39, 0.29) is 50.5 Å². The van der Waals surface area contributed by atoms with Gasteiger partial charge in [0.1, 0.15) is 93.1 Å². The van der Waals surface area contributed by atoms with Crippen molar-refractivity contribution in [1.82, 2.24) is 100 Å². The van der Waals surface area contributed by atoms with Crippen LogP contribution < -0.4 is 102 Å². The predicted molar refractivity (Wildman–Crippen MR) is 478 cm³/mol. The number of nitrogens with one attached hydrogen (secondary N) is 17. The van der Waals surface area contributed by atoms with Gasteiger partial charge in [-0.2, -0.15) is 0 Å². The topological polar surface area (TPSA) is 662 Å². The number of benzene rings is 1. The molecule has 11 atom stereocenters. The number of carboxylic acids is 1. The Hall–Kier alpha value is -12.0. The first-order valence-electron chi connectivity index (χ1n) is 44.0. The van der Waals surface area contributed by atoms with Crippen molar-refractivity contribution in [3.8, 4) is 0 Å². The van der Waals surface area contributed by atoms with E-state index >= 15 is 0 Å². The summed E-state index contributed by atoms with van der Waals surface area (Å²) in [5.41, 5.74) is -0.816. The van der Waals surface area contributed by atoms with Gasteiger partial charge in [-0.3, -0.25) is 106 Å². The van der Waals surface area contributed by atoms with Crippen LogP contribution in [0.3, 0.4) is 0 Å². The van der Waals surface area contributed by atoms with Gasteiger partial charge < -0.3 is 117 Å². The Bertz CT molecular complexity index is 4340. The van der Waals surface area contributed by atoms with Gasteiger partial charge in [-0.25, -0.2) is 0 Å². The summed E-state index contributed by atoms with van der Waals surface area (Å²) in [6, 6.07) is -5.00. The first-order chi connectivity index (χ1) is 60.2. The number of nitrogens with zero attached hydrogens (tertiary/aromatic N) is 2. The van der Waals surface area contributed by atoms with Crippen LogP contribution in [0.25, 0.3) is 0 Å². The standard InChI is InChI=1S/C87H143N21O23/c1-45(2)41-55(94-60(112)43-90-74(125)81(9,10)104-73(124)63(47(5)6)99-78(129)84(15,16)101-68(119)54(34-37-59(89)111)95-64(115)48(7)91-75(126)82(11,12)100-65(116)49(8)92-76(127)83(13,14)103-71(122)56-31-27-39-107(56)23)69(120)102-87(21,22)80(131)108-40-28-32-57(108)70(121)98-62(46(3)4)72(123)105-86(19,20)79(130)106-85(17,18)77(128)97-53(35-38-61(113)114)67(118)96-52(33-36-58(88)110)66(117)93-51(44-109)42-50-29-25-24-26-30-50/h24-26,29-30,45-49,51-57,62-63,109H,27-28,31-44H2,1-23H3,(H2,88,110)(H2,89,111)(H,90,125)(H,91,126)(H,92,127)(H,93,117)(H,94,112)(H,95,115)(H,96,118)(H,97,128)(H,98,121)(H,99,129)(H,100,116)(H,101,119)(H,102,120)(H,103,122)(H,104,124)(H,105,123)(H,106,130)(H,113,114). The van der Waals surface area contributed by atoms with Crippen LogP contribution in [0.4, 0.5) is 0 Å². The predicted octanol–water partition coefficient (Wildman–Crippen LogP) is -4.16. The van der Waals surface area contributed by atoms with Crippen LogP contribution in [0, 0.1) is 17.8 Å². The number of amides is 20. The second kappa shape index (κ2) is 48.8. The van der Waals surface area contributed by atoms with Crippen molar-refractivity contribution in [2.24, 2.45) is 29.2 Å². The summed E-state index contributed by atoms with van der Waals surface area (Å²) in [5.74, 6) is -19.9. The minimum Gasteiger partial charge on any atom is -0.481 e. The van der Waals surface area contributed by atoms with E-state index in [4.69, 9.17) is 11.5 Å². The van der Waals surface area contributed by atoms with Gasteiger partial charge in [-0.15, -0.1) is 0 Å². The Morgan fingerprint density at radius 3 is 1.31 bits per heavy atom. The number of hydrogen-bond acceptors (Lipinski definition) is 23. The molecule has 44 heteroatoms. The number of carbonyl (C=O) groups is 21. The molecule has 0 bridgehead atoms. The number of carboxylic acid groups (broad SMARTS) is 1. The highest BCUT2D eigenvalue weighted by atomic mass is 16.4. The molecule has 0 spiro atoms. The molecule has 0 saturated carbocycles. The Morgan fingerprint density at radius 2 is 0.809 bits per heavy atom. The maximum absolute atomic E-state index is 14.6. The number of aliphatic carboxylic acids is 1. The van der Waals surface area contributed by atoms with E-state index in [9.17, 15) is 111 Å². The lowest BCUT2D eigenvalue weighted by molar-refractivity contribution is -0.146. The third-order valence-corrected chi connectivity index (χ3v) is 22.1. The van der Waals surface area contributed by atoms with Crippen molar-refractivity contribution in [2.45, 2.75) is 335 Å². The maximum Gasteiger partial charge on any atom is 0.303 e. The van der Waals surface area contributed by atoms with Crippen molar-refractivity contribution >= 4 is 124 Å². The Kier molecular flexibility index (Phi) is 42.1. The van der Waals surface area contributed by atoms with Crippen molar-refractivity contribution in [3.63, 3.8) is 0 Å². The summed E-state index contributed by atoms with van der Waals surface area (Å²) in [5, 5.41) is 63.1. The molecule has 734 valence electrons. The summed E-state index contributed by atoms with van der Waals surface area (Å²) in [6.45, 7) is 30.6. The van der Waals surface area contributed by atoms with Gasteiger partial charge in [0, 0.05) is 25.8 Å². The number of aliphatic hydroxyl groups excluding tert-OH is 1. The highest BCUT2D eigenvalue weighted by molar-refractivity contribution is 6.04. The van der Waals surface area contributed by atoms with Crippen LogP contribution in [-0.4, -0.2) is 283 Å². The van der Waals surface area contributed by atoms with Gasteiger partial charge in [0.15, 0.2) is 0 Å². The highest BCUT2D eigenvalue weighted by Crippen LogP contribution is 2.25. The first kappa shape index (κ1) is 113. The van der Waals surface area contributed by atoms with E-state index in [1.165, 1.54) is 116 Å². The summed E-state index contributed by atoms with van der Waals surface area (Å²) in [7, 11) is 1.80. The van der Waals surface area contributed by atoms with Gasteiger partial charge in [0.05, 0.1) is 25.2 Å². The van der Waals surface area contributed by atoms with Gasteiger partial charge in [0.2, 0.25) is 118 Å². The first-order valence-corrected chi connectivity index (χ1v) is 44.0. The lowest BCUT2D eigenvalue weighted by Crippen LogP contribution is -2.66. The molecule has 2 aliphatic rings. The Balaban J connectivity index is 1.65. The zero-order valence-electron chi connectivity index (χ0n) is 79.8. The van der Waals surface area contributed by atoms with Crippen LogP contribution in [0.15, 0.2) is 30.3 Å². The number of nitrogens with two attached hydrogens (primary N) is 2. The molecule has 2 heterocycles. The van der Waals surface area contributed by atoms with Gasteiger partial charge in [-0.05, 0) is 205 Å². The average molecular weight is 1850 g/mol. The molecule has 0 radical (unpaired) electrons. The fraction of sp³-hybridized carbons (Fsp3) is 0.690. The molecule has 44 nitrogen and oxygen atoms in total. The molecule has 1 aromatic rings. The third-order valence-electron chi connectivity index (χ3n) is 22.1. The largest absolute Gasteiger partial charge is 0.481 e. The summed E-state index contributed by atoms with van der Waals surface area (Å²) in [6.07, 6.45) is -0.679. The van der Waals surface area contributed by atoms with E-state index in [1.54, 1.807) is 78.9 Å². The lowest BCUT2D eigenvalue weighted by Gasteiger charge is -2.36. The Morgan fingerprint density at radius 1 is 0.405 bits per heavy atom. The van der Waals surface area contributed by atoms with Gasteiger partial charge >= 0.3 is 5.97 Å². The number of likely N-dealkylation sites (N-methyl/N-ethyl adjacent to an activating group) is 1. The number of rotatable bonds is 51. The molecule has 2 fully saturated rings. The molecule has 2 aliphatic heterocycles. The fourth-order valence-electron chi connectivity index (χ4n) is 13.9. The summed E-state index contributed by atoms with van der Waals surface area (Å²) < 4.78 is 0. The average Bonchev–Trinajstić information content (AvgIpc) is 1.70. The zero-order chi connectivity index (χ0) is 100. The van der Waals surface area contributed by atoms with Gasteiger partial charge in [0.25, 0.3) is 0 Å². The van der Waals surface area contributed by atoms with Crippen LogP contribution in [0.5, 0.6) is 0 Å². The van der Waals surface area contributed by atoms with Crippen LogP contribution in [0.1, 0.15) is 229 Å². The molecule has 3 rings (SSSR count). The van der Waals surface area contributed by atoms with E-state index < -0.39 is 274 Å². The fourth-order valence-corrected chi connectivity index (χ4v) is 13.9. The van der Waals surface area contributed by atoms with Gasteiger partial charge in [-0.1, -0.05) is 71.9 Å². The molecular weight excluding hydrogens is 1710 g/mol. The van der Waals surface area contributed by atoms with E-state index in [0.717, 1.165) is 18.5 Å². The summed E-state index contributed by atoms with van der Waals surface area (Å²) >= 11 is 0. The number of hydrogen-bond donors (Lipinski definition) is 21. The molecular formula is C87H143N21O23. The SMILES string of the molecule is CC(C)CC(NC(=O)CNC(=O)C(C)(C)NC(=O)C(NC(=O)C(C)(C)NC(=O)C(CCC(N)=O)NC(=O)C(C)NC(=O)C(C)(C)NC(=O)C(C)NC(=O)C(C)(C)NC(=O)C1CCCN1C)C(C)C)C(=O)NC(C)(C)C(=O)N1CCCC1C(=O)NC(C(=O)NC(C)(C)C(=O)NC(C)(C)C(=O)NC(CCC(=O)O)C(=O)NC(CCC(N)=O)C(=O)NC(CO)Cc1ccccc1)C(C)C. The van der Waals surface area contributed by atoms with Crippen LogP contribution >= 0.6 is 0 Å². The smallest absolute Gasteiger partial charge is 0.303 e. The van der Waals surface area contributed by atoms with Crippen molar-refractivity contribution in [3.05, 3.63) is 35.9 Å². The van der Waals surface area contributed by atoms with E-state index in [2.05, 4.69) is 90.4 Å². The molecule has 23 N–H and O–H groups in total. The third kappa shape index (κ3) is 35.7. The molecule has 1 aromatic carbocycles. The second-order valence-corrected chi connectivity index (χ2v) is 38.5. The van der Waals surface area contributed by atoms with E-state index in [1.807, 2.05) is 4.90 Å². The monoisotopic (exact) mass is 1850 g/mol. The number of likely N-dealkylation sites (tertiary alicyclic amines) is 2. The normalized spacial score (nSPS) is 16.5.